The first-order chi connectivity index (χ1) is 15.5. The van der Waals surface area contributed by atoms with E-state index in [1.165, 1.54) is 0 Å². The second kappa shape index (κ2) is 11.9. The molecule has 0 aromatic heterocycles. The lowest BCUT2D eigenvalue weighted by atomic mass is 9.84. The van der Waals surface area contributed by atoms with Crippen LogP contribution in [0.15, 0.2) is 60.7 Å². The number of carbonyl (C=O) groups excluding carboxylic acids is 2. The summed E-state index contributed by atoms with van der Waals surface area (Å²) in [6, 6.07) is 18.1. The maximum absolute atomic E-state index is 13.0. The van der Waals surface area contributed by atoms with Gasteiger partial charge in [0.2, 0.25) is 5.91 Å². The third kappa shape index (κ3) is 7.72. The van der Waals surface area contributed by atoms with Crippen molar-refractivity contribution in [3.63, 3.8) is 0 Å². The number of benzene rings is 2. The SMILES string of the molecule is O=C(O)CC1CCC(NC(=O)[C@H](Cc2ccccc2)NC(=O)OCc2ccccc2)CC1. The Balaban J connectivity index is 1.56. The van der Waals surface area contributed by atoms with Crippen molar-refractivity contribution in [2.24, 2.45) is 5.92 Å². The van der Waals surface area contributed by atoms with Gasteiger partial charge in [-0.15, -0.1) is 0 Å². The average molecular weight is 439 g/mol. The zero-order valence-electron chi connectivity index (χ0n) is 18.0. The Morgan fingerprint density at radius 3 is 2.09 bits per heavy atom. The fourth-order valence-corrected chi connectivity index (χ4v) is 4.03. The van der Waals surface area contributed by atoms with E-state index >= 15 is 0 Å². The number of ether oxygens (including phenoxy) is 1. The summed E-state index contributed by atoms with van der Waals surface area (Å²) in [5, 5.41) is 14.7. The number of aliphatic carboxylic acids is 1. The Labute approximate surface area is 188 Å². The molecule has 2 amide bonds. The topological polar surface area (TPSA) is 105 Å². The Bertz CT molecular complexity index is 880. The highest BCUT2D eigenvalue weighted by Gasteiger charge is 2.28. The van der Waals surface area contributed by atoms with Gasteiger partial charge >= 0.3 is 12.1 Å². The van der Waals surface area contributed by atoms with Gasteiger partial charge in [-0.25, -0.2) is 4.79 Å². The fraction of sp³-hybridized carbons (Fsp3) is 0.400. The first kappa shape index (κ1) is 23.3. The van der Waals surface area contributed by atoms with E-state index in [0.717, 1.165) is 36.8 Å². The molecule has 2 aromatic carbocycles. The molecule has 0 unspecified atom stereocenters. The second-order valence-corrected chi connectivity index (χ2v) is 8.27. The molecule has 1 atom stereocenters. The summed E-state index contributed by atoms with van der Waals surface area (Å²) in [5.41, 5.74) is 1.80. The van der Waals surface area contributed by atoms with E-state index in [-0.39, 0.29) is 30.9 Å². The third-order valence-electron chi connectivity index (χ3n) is 5.76. The minimum Gasteiger partial charge on any atom is -0.481 e. The van der Waals surface area contributed by atoms with Gasteiger partial charge in [0, 0.05) is 18.9 Å². The number of carboxylic acids is 1. The first-order valence-electron chi connectivity index (χ1n) is 11.0. The van der Waals surface area contributed by atoms with Crippen molar-refractivity contribution in [2.75, 3.05) is 0 Å². The normalized spacial score (nSPS) is 18.9. The number of carbonyl (C=O) groups is 3. The molecule has 0 heterocycles. The van der Waals surface area contributed by atoms with E-state index in [2.05, 4.69) is 10.6 Å². The van der Waals surface area contributed by atoms with Crippen LogP contribution in [-0.2, 0) is 27.4 Å². The van der Waals surface area contributed by atoms with E-state index in [9.17, 15) is 14.4 Å². The number of rotatable bonds is 9. The van der Waals surface area contributed by atoms with Crippen LogP contribution in [0.25, 0.3) is 0 Å². The van der Waals surface area contributed by atoms with Crippen molar-refractivity contribution in [1.82, 2.24) is 10.6 Å². The Morgan fingerprint density at radius 1 is 0.906 bits per heavy atom. The quantitative estimate of drug-likeness (QED) is 0.554. The molecule has 1 fully saturated rings. The molecule has 1 aliphatic rings. The van der Waals surface area contributed by atoms with Crippen LogP contribution in [0.1, 0.15) is 43.2 Å². The average Bonchev–Trinajstić information content (AvgIpc) is 2.79. The smallest absolute Gasteiger partial charge is 0.408 e. The molecule has 2 aromatic rings. The number of hydrogen-bond donors (Lipinski definition) is 3. The molecule has 1 aliphatic carbocycles. The van der Waals surface area contributed by atoms with Crippen molar-refractivity contribution in [3.05, 3.63) is 71.8 Å². The van der Waals surface area contributed by atoms with Crippen LogP contribution in [0, 0.1) is 5.92 Å². The first-order valence-corrected chi connectivity index (χ1v) is 11.0. The Hall–Kier alpha value is -3.35. The molecule has 3 N–H and O–H groups in total. The van der Waals surface area contributed by atoms with Gasteiger partial charge in [0.15, 0.2) is 0 Å². The molecule has 1 saturated carbocycles. The third-order valence-corrected chi connectivity index (χ3v) is 5.76. The minimum absolute atomic E-state index is 0.0204. The Morgan fingerprint density at radius 2 is 1.50 bits per heavy atom. The zero-order chi connectivity index (χ0) is 22.8. The summed E-state index contributed by atoms with van der Waals surface area (Å²) < 4.78 is 5.30. The summed E-state index contributed by atoms with van der Waals surface area (Å²) in [5.74, 6) is -0.877. The molecule has 0 radical (unpaired) electrons. The summed E-state index contributed by atoms with van der Waals surface area (Å²) in [4.78, 5) is 36.3. The standard InChI is InChI=1S/C25H30N2O5/c28-23(29)16-19-11-13-21(14-12-19)26-24(30)22(15-18-7-3-1-4-8-18)27-25(31)32-17-20-9-5-2-6-10-20/h1-10,19,21-22H,11-17H2,(H,26,30)(H,27,31)(H,28,29)/t19?,21?,22-/m0/s1. The highest BCUT2D eigenvalue weighted by atomic mass is 16.5. The largest absolute Gasteiger partial charge is 0.481 e. The zero-order valence-corrected chi connectivity index (χ0v) is 18.0. The Kier molecular flexibility index (Phi) is 8.66. The monoisotopic (exact) mass is 438 g/mol. The maximum atomic E-state index is 13.0. The van der Waals surface area contributed by atoms with Gasteiger partial charge in [0.1, 0.15) is 12.6 Å². The van der Waals surface area contributed by atoms with Crippen LogP contribution in [-0.4, -0.2) is 35.2 Å². The number of nitrogens with one attached hydrogen (secondary N) is 2. The van der Waals surface area contributed by atoms with E-state index in [1.807, 2.05) is 60.7 Å². The minimum atomic E-state index is -0.779. The van der Waals surface area contributed by atoms with Crippen LogP contribution in [0.4, 0.5) is 4.79 Å². The molecular formula is C25H30N2O5. The van der Waals surface area contributed by atoms with Crippen LogP contribution < -0.4 is 10.6 Å². The molecule has 3 rings (SSSR count). The molecule has 0 bridgehead atoms. The van der Waals surface area contributed by atoms with Gasteiger partial charge in [-0.2, -0.15) is 0 Å². The lowest BCUT2D eigenvalue weighted by Gasteiger charge is -2.29. The van der Waals surface area contributed by atoms with Crippen LogP contribution in [0.5, 0.6) is 0 Å². The molecule has 0 saturated heterocycles. The lowest BCUT2D eigenvalue weighted by Crippen LogP contribution is -2.51. The van der Waals surface area contributed by atoms with Gasteiger partial charge in [0.05, 0.1) is 0 Å². The van der Waals surface area contributed by atoms with Gasteiger partial charge in [0.25, 0.3) is 0 Å². The van der Waals surface area contributed by atoms with E-state index in [0.29, 0.717) is 6.42 Å². The maximum Gasteiger partial charge on any atom is 0.408 e. The molecule has 0 spiro atoms. The molecule has 7 heteroatoms. The highest BCUT2D eigenvalue weighted by molar-refractivity contribution is 5.86. The molecule has 170 valence electrons. The summed E-state index contributed by atoms with van der Waals surface area (Å²) in [6.07, 6.45) is 2.89. The number of alkyl carbamates (subject to hydrolysis) is 1. The van der Waals surface area contributed by atoms with Gasteiger partial charge in [-0.1, -0.05) is 60.7 Å². The number of amides is 2. The number of hydrogen-bond acceptors (Lipinski definition) is 4. The van der Waals surface area contributed by atoms with Gasteiger partial charge in [-0.3, -0.25) is 9.59 Å². The summed E-state index contributed by atoms with van der Waals surface area (Å²) in [6.45, 7) is 0.125. The van der Waals surface area contributed by atoms with Crippen molar-refractivity contribution >= 4 is 18.0 Å². The van der Waals surface area contributed by atoms with Gasteiger partial charge in [-0.05, 0) is 42.7 Å². The second-order valence-electron chi connectivity index (χ2n) is 8.27. The number of carboxylic acid groups (broad SMARTS) is 1. The molecule has 0 aliphatic heterocycles. The van der Waals surface area contributed by atoms with E-state index in [1.54, 1.807) is 0 Å². The van der Waals surface area contributed by atoms with E-state index < -0.39 is 18.1 Å². The molecule has 32 heavy (non-hydrogen) atoms. The van der Waals surface area contributed by atoms with Crippen molar-refractivity contribution < 1.29 is 24.2 Å². The van der Waals surface area contributed by atoms with Crippen molar-refractivity contribution in [3.8, 4) is 0 Å². The van der Waals surface area contributed by atoms with Crippen LogP contribution in [0.2, 0.25) is 0 Å². The summed E-state index contributed by atoms with van der Waals surface area (Å²) >= 11 is 0. The van der Waals surface area contributed by atoms with E-state index in [4.69, 9.17) is 9.84 Å². The summed E-state index contributed by atoms with van der Waals surface area (Å²) in [7, 11) is 0. The molecule has 7 nitrogen and oxygen atoms in total. The lowest BCUT2D eigenvalue weighted by molar-refractivity contribution is -0.138. The molecular weight excluding hydrogens is 408 g/mol. The highest BCUT2D eigenvalue weighted by Crippen LogP contribution is 2.27. The predicted octanol–water partition coefficient (Wildman–Crippen LogP) is 3.67. The van der Waals surface area contributed by atoms with Gasteiger partial charge < -0.3 is 20.5 Å². The van der Waals surface area contributed by atoms with Crippen molar-refractivity contribution in [1.29, 1.82) is 0 Å². The van der Waals surface area contributed by atoms with Crippen LogP contribution >= 0.6 is 0 Å². The van der Waals surface area contributed by atoms with Crippen molar-refractivity contribution in [2.45, 2.75) is 57.2 Å². The van der Waals surface area contributed by atoms with Crippen LogP contribution in [0.3, 0.4) is 0 Å². The fourth-order valence-electron chi connectivity index (χ4n) is 4.03. The predicted molar refractivity (Wildman–Crippen MR) is 120 cm³/mol.